The predicted molar refractivity (Wildman–Crippen MR) is 116 cm³/mol. The number of amides is 2. The third-order valence-corrected chi connectivity index (χ3v) is 5.19. The summed E-state index contributed by atoms with van der Waals surface area (Å²) in [6, 6.07) is 22.7. The SMILES string of the molecule is Cc1cccc(C(=O)Nc2ccc(SCC(=O)Nc3ccccc3C)cc2)c1. The number of hydrogen-bond acceptors (Lipinski definition) is 3. The van der Waals surface area contributed by atoms with Gasteiger partial charge >= 0.3 is 0 Å². The van der Waals surface area contributed by atoms with Crippen molar-refractivity contribution in [1.82, 2.24) is 0 Å². The van der Waals surface area contributed by atoms with E-state index < -0.39 is 0 Å². The molecule has 0 saturated carbocycles. The van der Waals surface area contributed by atoms with Crippen molar-refractivity contribution in [3.05, 3.63) is 89.5 Å². The monoisotopic (exact) mass is 390 g/mol. The van der Waals surface area contributed by atoms with Gasteiger partial charge in [0.15, 0.2) is 0 Å². The summed E-state index contributed by atoms with van der Waals surface area (Å²) in [5, 5.41) is 5.81. The van der Waals surface area contributed by atoms with Crippen molar-refractivity contribution in [3.63, 3.8) is 0 Å². The molecule has 0 saturated heterocycles. The second-order valence-corrected chi connectivity index (χ2v) is 7.55. The number of aryl methyl sites for hydroxylation is 2. The van der Waals surface area contributed by atoms with Gasteiger partial charge in [-0.2, -0.15) is 0 Å². The fourth-order valence-corrected chi connectivity index (χ4v) is 3.37. The summed E-state index contributed by atoms with van der Waals surface area (Å²) in [6.45, 7) is 3.92. The van der Waals surface area contributed by atoms with E-state index in [4.69, 9.17) is 0 Å². The first-order valence-corrected chi connectivity index (χ1v) is 9.96. The van der Waals surface area contributed by atoms with Crippen LogP contribution in [0.4, 0.5) is 11.4 Å². The van der Waals surface area contributed by atoms with Gasteiger partial charge in [0.1, 0.15) is 0 Å². The van der Waals surface area contributed by atoms with Crippen LogP contribution in [0.15, 0.2) is 77.7 Å². The maximum absolute atomic E-state index is 12.3. The van der Waals surface area contributed by atoms with Gasteiger partial charge in [0.25, 0.3) is 5.91 Å². The second-order valence-electron chi connectivity index (χ2n) is 6.50. The van der Waals surface area contributed by atoms with Crippen molar-refractivity contribution < 1.29 is 9.59 Å². The topological polar surface area (TPSA) is 58.2 Å². The van der Waals surface area contributed by atoms with E-state index in [0.717, 1.165) is 27.4 Å². The highest BCUT2D eigenvalue weighted by molar-refractivity contribution is 8.00. The van der Waals surface area contributed by atoms with Crippen molar-refractivity contribution in [2.24, 2.45) is 0 Å². The van der Waals surface area contributed by atoms with E-state index in [1.807, 2.05) is 80.6 Å². The van der Waals surface area contributed by atoms with Gasteiger partial charge in [0.2, 0.25) is 5.91 Å². The van der Waals surface area contributed by atoms with E-state index in [9.17, 15) is 9.59 Å². The molecule has 0 spiro atoms. The molecule has 142 valence electrons. The Kier molecular flexibility index (Phi) is 6.50. The van der Waals surface area contributed by atoms with Crippen LogP contribution in [-0.4, -0.2) is 17.6 Å². The Morgan fingerprint density at radius 3 is 2.32 bits per heavy atom. The first-order valence-electron chi connectivity index (χ1n) is 8.97. The van der Waals surface area contributed by atoms with Crippen LogP contribution in [0.1, 0.15) is 21.5 Å². The molecule has 3 aromatic rings. The fraction of sp³-hybridized carbons (Fsp3) is 0.130. The molecule has 0 heterocycles. The molecular weight excluding hydrogens is 368 g/mol. The van der Waals surface area contributed by atoms with Gasteiger partial charge in [-0.1, -0.05) is 35.9 Å². The molecule has 0 atom stereocenters. The van der Waals surface area contributed by atoms with Gasteiger partial charge in [0.05, 0.1) is 5.75 Å². The van der Waals surface area contributed by atoms with Gasteiger partial charge in [-0.25, -0.2) is 0 Å². The quantitative estimate of drug-likeness (QED) is 0.563. The number of carbonyl (C=O) groups is 2. The summed E-state index contributed by atoms with van der Waals surface area (Å²) in [5.41, 5.74) is 4.27. The van der Waals surface area contributed by atoms with Gasteiger partial charge in [-0.15, -0.1) is 11.8 Å². The molecule has 2 N–H and O–H groups in total. The van der Waals surface area contributed by atoms with Crippen molar-refractivity contribution >= 4 is 35.0 Å². The standard InChI is InChI=1S/C23H22N2O2S/c1-16-6-5-8-18(14-16)23(27)24-19-10-12-20(13-11-19)28-15-22(26)25-21-9-4-3-7-17(21)2/h3-14H,15H2,1-2H3,(H,24,27)(H,25,26). The molecule has 0 fully saturated rings. The number of anilines is 2. The number of thioether (sulfide) groups is 1. The molecular formula is C23H22N2O2S. The zero-order chi connectivity index (χ0) is 19.9. The molecule has 5 heteroatoms. The van der Waals surface area contributed by atoms with Crippen molar-refractivity contribution in [1.29, 1.82) is 0 Å². The summed E-state index contributed by atoms with van der Waals surface area (Å²) in [5.74, 6) is 0.140. The molecule has 3 rings (SSSR count). The number of nitrogens with one attached hydrogen (secondary N) is 2. The number of benzene rings is 3. The van der Waals surface area contributed by atoms with Crippen molar-refractivity contribution in [2.75, 3.05) is 16.4 Å². The second kappa shape index (κ2) is 9.24. The Bertz CT molecular complexity index is 984. The molecule has 3 aromatic carbocycles. The minimum Gasteiger partial charge on any atom is -0.325 e. The highest BCUT2D eigenvalue weighted by Gasteiger charge is 2.08. The van der Waals surface area contributed by atoms with Gasteiger partial charge in [-0.05, 0) is 61.9 Å². The molecule has 2 amide bonds. The Labute approximate surface area is 169 Å². The van der Waals surface area contributed by atoms with Crippen LogP contribution in [0.3, 0.4) is 0 Å². The third-order valence-electron chi connectivity index (χ3n) is 4.18. The first-order chi connectivity index (χ1) is 13.5. The maximum Gasteiger partial charge on any atom is 0.255 e. The summed E-state index contributed by atoms with van der Waals surface area (Å²) in [4.78, 5) is 25.4. The number of rotatable bonds is 6. The summed E-state index contributed by atoms with van der Waals surface area (Å²) in [6.07, 6.45) is 0. The van der Waals surface area contributed by atoms with E-state index in [1.165, 1.54) is 11.8 Å². The lowest BCUT2D eigenvalue weighted by Gasteiger charge is -2.09. The minimum absolute atomic E-state index is 0.0453. The largest absolute Gasteiger partial charge is 0.325 e. The Morgan fingerprint density at radius 2 is 1.61 bits per heavy atom. The fourth-order valence-electron chi connectivity index (χ4n) is 2.67. The maximum atomic E-state index is 12.3. The number of carbonyl (C=O) groups excluding carboxylic acids is 2. The summed E-state index contributed by atoms with van der Waals surface area (Å²) < 4.78 is 0. The number of hydrogen-bond donors (Lipinski definition) is 2. The summed E-state index contributed by atoms with van der Waals surface area (Å²) >= 11 is 1.45. The van der Waals surface area contributed by atoms with E-state index in [2.05, 4.69) is 10.6 Å². The zero-order valence-corrected chi connectivity index (χ0v) is 16.7. The van der Waals surface area contributed by atoms with Crippen LogP contribution in [0.5, 0.6) is 0 Å². The van der Waals surface area contributed by atoms with E-state index in [-0.39, 0.29) is 11.8 Å². The first kappa shape index (κ1) is 19.7. The zero-order valence-electron chi connectivity index (χ0n) is 15.9. The molecule has 0 aliphatic carbocycles. The highest BCUT2D eigenvalue weighted by atomic mass is 32.2. The molecule has 0 aliphatic rings. The highest BCUT2D eigenvalue weighted by Crippen LogP contribution is 2.21. The van der Waals surface area contributed by atoms with Crippen LogP contribution in [0.2, 0.25) is 0 Å². The van der Waals surface area contributed by atoms with Crippen molar-refractivity contribution in [3.8, 4) is 0 Å². The third kappa shape index (κ3) is 5.47. The Morgan fingerprint density at radius 1 is 0.857 bits per heavy atom. The molecule has 0 bridgehead atoms. The van der Waals surface area contributed by atoms with Gasteiger partial charge < -0.3 is 10.6 Å². The molecule has 4 nitrogen and oxygen atoms in total. The van der Waals surface area contributed by atoms with Crippen molar-refractivity contribution in [2.45, 2.75) is 18.7 Å². The number of para-hydroxylation sites is 1. The van der Waals surface area contributed by atoms with E-state index in [0.29, 0.717) is 11.3 Å². The van der Waals surface area contributed by atoms with Crippen LogP contribution in [-0.2, 0) is 4.79 Å². The molecule has 0 aliphatic heterocycles. The molecule has 0 unspecified atom stereocenters. The lowest BCUT2D eigenvalue weighted by Crippen LogP contribution is -2.14. The van der Waals surface area contributed by atoms with Crippen LogP contribution < -0.4 is 10.6 Å². The van der Waals surface area contributed by atoms with Crippen LogP contribution in [0, 0.1) is 13.8 Å². The average Bonchev–Trinajstić information content (AvgIpc) is 2.69. The van der Waals surface area contributed by atoms with Gasteiger partial charge in [-0.3, -0.25) is 9.59 Å². The molecule has 0 radical (unpaired) electrons. The summed E-state index contributed by atoms with van der Waals surface area (Å²) in [7, 11) is 0. The lowest BCUT2D eigenvalue weighted by molar-refractivity contribution is -0.113. The van der Waals surface area contributed by atoms with Gasteiger partial charge in [0, 0.05) is 21.8 Å². The van der Waals surface area contributed by atoms with E-state index in [1.54, 1.807) is 6.07 Å². The smallest absolute Gasteiger partial charge is 0.255 e. The minimum atomic E-state index is -0.137. The lowest BCUT2D eigenvalue weighted by atomic mass is 10.1. The average molecular weight is 391 g/mol. The normalized spacial score (nSPS) is 10.4. The molecule has 28 heavy (non-hydrogen) atoms. The Hall–Kier alpha value is -3.05. The predicted octanol–water partition coefficient (Wildman–Crippen LogP) is 5.29. The van der Waals surface area contributed by atoms with E-state index >= 15 is 0 Å². The molecule has 0 aromatic heterocycles. The Balaban J connectivity index is 1.52. The van der Waals surface area contributed by atoms with Crippen LogP contribution >= 0.6 is 11.8 Å². The van der Waals surface area contributed by atoms with Crippen LogP contribution in [0.25, 0.3) is 0 Å².